The Labute approximate surface area is 135 Å². The average molecular weight is 316 g/mol. The van der Waals surface area contributed by atoms with Crippen molar-refractivity contribution in [2.24, 2.45) is 0 Å². The number of nitrogens with one attached hydrogen (secondary N) is 1. The quantitative estimate of drug-likeness (QED) is 0.862. The Morgan fingerprint density at radius 2 is 2.00 bits per heavy atom. The Bertz CT molecular complexity index is 688. The first-order chi connectivity index (χ1) is 11.1. The predicted octanol–water partition coefficient (Wildman–Crippen LogP) is 4.24. The maximum Gasteiger partial charge on any atom is 0.257 e. The average Bonchev–Trinajstić information content (AvgIpc) is 2.74. The van der Waals surface area contributed by atoms with E-state index in [-0.39, 0.29) is 17.8 Å². The maximum atomic E-state index is 13.5. The second-order valence-electron chi connectivity index (χ2n) is 6.13. The smallest absolute Gasteiger partial charge is 0.257 e. The first-order valence-electron chi connectivity index (χ1n) is 8.18. The third kappa shape index (κ3) is 3.60. The predicted molar refractivity (Wildman–Crippen MR) is 85.6 cm³/mol. The van der Waals surface area contributed by atoms with Gasteiger partial charge >= 0.3 is 0 Å². The topological polar surface area (TPSA) is 55.1 Å². The van der Waals surface area contributed by atoms with Gasteiger partial charge in [-0.2, -0.15) is 0 Å². The van der Waals surface area contributed by atoms with E-state index in [1.54, 1.807) is 19.1 Å². The summed E-state index contributed by atoms with van der Waals surface area (Å²) in [5, 5.41) is 7.05. The van der Waals surface area contributed by atoms with Crippen LogP contribution in [-0.2, 0) is 0 Å². The molecule has 3 rings (SSSR count). The van der Waals surface area contributed by atoms with Gasteiger partial charge in [-0.05, 0) is 31.9 Å². The van der Waals surface area contributed by atoms with Crippen molar-refractivity contribution in [3.63, 3.8) is 0 Å². The Morgan fingerprint density at radius 3 is 2.70 bits per heavy atom. The highest BCUT2D eigenvalue weighted by molar-refractivity contribution is 6.00. The molecule has 1 aliphatic rings. The summed E-state index contributed by atoms with van der Waals surface area (Å²) in [6.07, 6.45) is 6.76. The van der Waals surface area contributed by atoms with E-state index < -0.39 is 0 Å². The first kappa shape index (κ1) is 15.7. The summed E-state index contributed by atoms with van der Waals surface area (Å²) in [5.41, 5.74) is 1.35. The van der Waals surface area contributed by atoms with Gasteiger partial charge in [0.25, 0.3) is 5.91 Å². The highest BCUT2D eigenvalue weighted by atomic mass is 19.1. The first-order valence-corrected chi connectivity index (χ1v) is 8.18. The van der Waals surface area contributed by atoms with Crippen molar-refractivity contribution < 1.29 is 13.7 Å². The molecule has 1 aromatic carbocycles. The molecule has 0 aliphatic heterocycles. The highest BCUT2D eigenvalue weighted by Gasteiger charge is 2.24. The number of halogens is 1. The van der Waals surface area contributed by atoms with E-state index in [9.17, 15) is 9.18 Å². The molecule has 1 aromatic heterocycles. The van der Waals surface area contributed by atoms with Gasteiger partial charge in [0, 0.05) is 11.6 Å². The minimum atomic E-state index is -0.363. The number of hydrogen-bond acceptors (Lipinski definition) is 3. The van der Waals surface area contributed by atoms with Gasteiger partial charge in [0.1, 0.15) is 22.8 Å². The Kier molecular flexibility index (Phi) is 4.74. The Hall–Kier alpha value is -2.17. The van der Waals surface area contributed by atoms with Crippen LogP contribution in [-0.4, -0.2) is 17.1 Å². The molecule has 0 radical (unpaired) electrons. The number of amides is 1. The molecule has 0 spiro atoms. The van der Waals surface area contributed by atoms with Crippen LogP contribution in [0.2, 0.25) is 0 Å². The SMILES string of the molecule is Cc1onc(-c2cccc(F)c2)c1C(=O)NC1CCCCCC1. The lowest BCUT2D eigenvalue weighted by Crippen LogP contribution is -2.34. The van der Waals surface area contributed by atoms with Crippen LogP contribution < -0.4 is 5.32 Å². The molecule has 1 aliphatic carbocycles. The summed E-state index contributed by atoms with van der Waals surface area (Å²) in [5.74, 6) is -0.0939. The van der Waals surface area contributed by atoms with Crippen LogP contribution >= 0.6 is 0 Å². The zero-order chi connectivity index (χ0) is 16.2. The zero-order valence-electron chi connectivity index (χ0n) is 13.3. The number of hydrogen-bond donors (Lipinski definition) is 1. The van der Waals surface area contributed by atoms with E-state index in [1.165, 1.54) is 25.0 Å². The molecule has 0 unspecified atom stereocenters. The number of benzene rings is 1. The van der Waals surface area contributed by atoms with E-state index in [2.05, 4.69) is 10.5 Å². The van der Waals surface area contributed by atoms with Crippen molar-refractivity contribution in [1.82, 2.24) is 10.5 Å². The monoisotopic (exact) mass is 316 g/mol. The second-order valence-corrected chi connectivity index (χ2v) is 6.13. The van der Waals surface area contributed by atoms with Crippen molar-refractivity contribution in [2.45, 2.75) is 51.5 Å². The summed E-state index contributed by atoms with van der Waals surface area (Å²) in [4.78, 5) is 12.7. The molecule has 1 heterocycles. The number of rotatable bonds is 3. The number of aryl methyl sites for hydroxylation is 1. The fraction of sp³-hybridized carbons (Fsp3) is 0.444. The van der Waals surface area contributed by atoms with E-state index in [1.807, 2.05) is 0 Å². The molecule has 122 valence electrons. The standard InChI is InChI=1S/C18H21FN2O2/c1-12-16(18(22)20-15-9-4-2-3-5-10-15)17(21-23-12)13-7-6-8-14(19)11-13/h6-8,11,15H,2-5,9-10H2,1H3,(H,20,22). The molecule has 1 fully saturated rings. The van der Waals surface area contributed by atoms with Crippen LogP contribution in [0.1, 0.15) is 54.6 Å². The van der Waals surface area contributed by atoms with Crippen molar-refractivity contribution in [3.8, 4) is 11.3 Å². The van der Waals surface area contributed by atoms with Crippen LogP contribution in [0.25, 0.3) is 11.3 Å². The molecular weight excluding hydrogens is 295 g/mol. The summed E-state index contributed by atoms with van der Waals surface area (Å²) in [6.45, 7) is 1.71. The van der Waals surface area contributed by atoms with Crippen molar-refractivity contribution in [2.75, 3.05) is 0 Å². The zero-order valence-corrected chi connectivity index (χ0v) is 13.3. The Balaban J connectivity index is 1.84. The highest BCUT2D eigenvalue weighted by Crippen LogP contribution is 2.26. The van der Waals surface area contributed by atoms with E-state index in [0.717, 1.165) is 25.7 Å². The minimum absolute atomic E-state index is 0.185. The lowest BCUT2D eigenvalue weighted by molar-refractivity contribution is 0.0932. The van der Waals surface area contributed by atoms with E-state index in [0.29, 0.717) is 22.6 Å². The van der Waals surface area contributed by atoms with Crippen LogP contribution in [0.3, 0.4) is 0 Å². The molecule has 2 aromatic rings. The molecule has 4 nitrogen and oxygen atoms in total. The number of carbonyl (C=O) groups is 1. The number of carbonyl (C=O) groups excluding carboxylic acids is 1. The molecule has 0 bridgehead atoms. The van der Waals surface area contributed by atoms with Gasteiger partial charge in [-0.25, -0.2) is 4.39 Å². The molecule has 1 amide bonds. The van der Waals surface area contributed by atoms with Crippen molar-refractivity contribution in [1.29, 1.82) is 0 Å². The molecule has 0 atom stereocenters. The van der Waals surface area contributed by atoms with Crippen LogP contribution in [0.4, 0.5) is 4.39 Å². The third-order valence-corrected chi connectivity index (χ3v) is 4.38. The van der Waals surface area contributed by atoms with Gasteiger partial charge in [-0.1, -0.05) is 43.0 Å². The second kappa shape index (κ2) is 6.94. The van der Waals surface area contributed by atoms with Crippen molar-refractivity contribution >= 4 is 5.91 Å². The van der Waals surface area contributed by atoms with Gasteiger partial charge < -0.3 is 9.84 Å². The summed E-state index contributed by atoms with van der Waals surface area (Å²) in [7, 11) is 0. The molecule has 1 N–H and O–H groups in total. The van der Waals surface area contributed by atoms with Crippen molar-refractivity contribution in [3.05, 3.63) is 41.4 Å². The van der Waals surface area contributed by atoms with Gasteiger partial charge in [0.15, 0.2) is 0 Å². The molecule has 0 saturated heterocycles. The van der Waals surface area contributed by atoms with Crippen LogP contribution in [0.5, 0.6) is 0 Å². The Morgan fingerprint density at radius 1 is 1.26 bits per heavy atom. The van der Waals surface area contributed by atoms with Gasteiger partial charge in [0.05, 0.1) is 0 Å². The largest absolute Gasteiger partial charge is 0.360 e. The van der Waals surface area contributed by atoms with E-state index >= 15 is 0 Å². The molecular formula is C18H21FN2O2. The van der Waals surface area contributed by atoms with Crippen LogP contribution in [0.15, 0.2) is 28.8 Å². The summed E-state index contributed by atoms with van der Waals surface area (Å²) >= 11 is 0. The fourth-order valence-electron chi connectivity index (χ4n) is 3.15. The van der Waals surface area contributed by atoms with Gasteiger partial charge in [0.2, 0.25) is 0 Å². The third-order valence-electron chi connectivity index (χ3n) is 4.38. The molecule has 1 saturated carbocycles. The fourth-order valence-corrected chi connectivity index (χ4v) is 3.15. The van der Waals surface area contributed by atoms with Crippen LogP contribution in [0, 0.1) is 12.7 Å². The molecule has 5 heteroatoms. The van der Waals surface area contributed by atoms with Gasteiger partial charge in [-0.3, -0.25) is 4.79 Å². The minimum Gasteiger partial charge on any atom is -0.360 e. The van der Waals surface area contributed by atoms with Gasteiger partial charge in [-0.15, -0.1) is 0 Å². The van der Waals surface area contributed by atoms with E-state index in [4.69, 9.17) is 4.52 Å². The summed E-state index contributed by atoms with van der Waals surface area (Å²) in [6, 6.07) is 6.24. The normalized spacial score (nSPS) is 16.1. The maximum absolute atomic E-state index is 13.5. The molecule has 23 heavy (non-hydrogen) atoms. The lowest BCUT2D eigenvalue weighted by Gasteiger charge is -2.16. The summed E-state index contributed by atoms with van der Waals surface area (Å²) < 4.78 is 18.6. The lowest BCUT2D eigenvalue weighted by atomic mass is 10.0. The number of nitrogens with zero attached hydrogens (tertiary/aromatic N) is 1. The number of aromatic nitrogens is 1.